The van der Waals surface area contributed by atoms with Crippen LogP contribution in [0.3, 0.4) is 0 Å². The Morgan fingerprint density at radius 3 is 2.67 bits per heavy atom. The van der Waals surface area contributed by atoms with Crippen LogP contribution in [0.4, 0.5) is 0 Å². The number of rotatable bonds is 3. The van der Waals surface area contributed by atoms with Gasteiger partial charge in [0.05, 0.1) is 5.39 Å². The average Bonchev–Trinajstić information content (AvgIpc) is 3.15. The third-order valence-corrected chi connectivity index (χ3v) is 5.21. The summed E-state index contributed by atoms with van der Waals surface area (Å²) in [7, 11) is 0. The fourth-order valence-corrected chi connectivity index (χ4v) is 3.40. The van der Waals surface area contributed by atoms with E-state index in [2.05, 4.69) is 12.6 Å². The topological polar surface area (TPSA) is 39.1 Å². The third kappa shape index (κ3) is 1.91. The van der Waals surface area contributed by atoms with Gasteiger partial charge >= 0.3 is 4.87 Å². The van der Waals surface area contributed by atoms with Gasteiger partial charge in [-0.05, 0) is 36.1 Å². The number of nitrogens with zero attached hydrogens (tertiary/aromatic N) is 1. The average molecular weight is 279 g/mol. The van der Waals surface area contributed by atoms with Gasteiger partial charge in [-0.2, -0.15) is 12.6 Å². The molecule has 0 bridgehead atoms. The molecule has 1 fully saturated rings. The minimum Gasteiger partial charge on any atom is -0.269 e. The molecule has 1 saturated carbocycles. The van der Waals surface area contributed by atoms with Gasteiger partial charge in [-0.25, -0.2) is 0 Å². The van der Waals surface area contributed by atoms with Gasteiger partial charge in [-0.3, -0.25) is 14.2 Å². The molecule has 0 aliphatic heterocycles. The van der Waals surface area contributed by atoms with Crippen LogP contribution in [0.15, 0.2) is 33.9 Å². The molecule has 3 nitrogen and oxygen atoms in total. The SMILES string of the molecule is O=c1sc2ccccc2c(=O)n1CC1(CS)CC1. The Bertz CT molecular complexity index is 713. The molecule has 1 aliphatic rings. The molecule has 18 heavy (non-hydrogen) atoms. The zero-order valence-electron chi connectivity index (χ0n) is 9.76. The van der Waals surface area contributed by atoms with Crippen molar-refractivity contribution >= 4 is 34.1 Å². The monoisotopic (exact) mass is 279 g/mol. The van der Waals surface area contributed by atoms with Crippen LogP contribution in [0.25, 0.3) is 10.1 Å². The maximum absolute atomic E-state index is 12.3. The molecular weight excluding hydrogens is 266 g/mol. The predicted octanol–water partition coefficient (Wildman–Crippen LogP) is 2.13. The van der Waals surface area contributed by atoms with Crippen LogP contribution in [-0.2, 0) is 6.54 Å². The molecule has 0 radical (unpaired) electrons. The zero-order valence-corrected chi connectivity index (χ0v) is 11.5. The molecular formula is C13H13NO2S2. The Kier molecular flexibility index (Phi) is 2.83. The van der Waals surface area contributed by atoms with E-state index in [1.165, 1.54) is 4.57 Å². The van der Waals surface area contributed by atoms with Crippen molar-refractivity contribution in [1.29, 1.82) is 0 Å². The number of fused-ring (bicyclic) bond motifs is 1. The molecule has 0 spiro atoms. The van der Waals surface area contributed by atoms with Gasteiger partial charge in [-0.15, -0.1) is 0 Å². The lowest BCUT2D eigenvalue weighted by atomic mass is 10.1. The van der Waals surface area contributed by atoms with E-state index in [0.29, 0.717) is 11.9 Å². The summed E-state index contributed by atoms with van der Waals surface area (Å²) in [6.07, 6.45) is 2.11. The quantitative estimate of drug-likeness (QED) is 0.874. The molecule has 3 rings (SSSR count). The number of benzene rings is 1. The highest BCUT2D eigenvalue weighted by Gasteiger charge is 2.42. The molecule has 1 aliphatic carbocycles. The van der Waals surface area contributed by atoms with E-state index in [9.17, 15) is 9.59 Å². The summed E-state index contributed by atoms with van der Waals surface area (Å²) >= 11 is 5.47. The molecule has 1 aromatic heterocycles. The fraction of sp³-hybridized carbons (Fsp3) is 0.385. The van der Waals surface area contributed by atoms with Crippen LogP contribution in [0.5, 0.6) is 0 Å². The molecule has 0 saturated heterocycles. The van der Waals surface area contributed by atoms with E-state index in [1.807, 2.05) is 18.2 Å². The van der Waals surface area contributed by atoms with Crippen molar-refractivity contribution in [2.75, 3.05) is 5.75 Å². The van der Waals surface area contributed by atoms with E-state index in [4.69, 9.17) is 0 Å². The van der Waals surface area contributed by atoms with E-state index in [-0.39, 0.29) is 15.8 Å². The van der Waals surface area contributed by atoms with Gasteiger partial charge in [0.1, 0.15) is 0 Å². The van der Waals surface area contributed by atoms with Gasteiger partial charge in [0.2, 0.25) is 0 Å². The third-order valence-electron chi connectivity index (χ3n) is 3.57. The predicted molar refractivity (Wildman–Crippen MR) is 77.9 cm³/mol. The first-order valence-corrected chi connectivity index (χ1v) is 7.34. The number of hydrogen-bond acceptors (Lipinski definition) is 4. The number of aromatic nitrogens is 1. The first-order valence-electron chi connectivity index (χ1n) is 5.89. The summed E-state index contributed by atoms with van der Waals surface area (Å²) in [4.78, 5) is 24.2. The second-order valence-corrected chi connectivity index (χ2v) is 6.22. The summed E-state index contributed by atoms with van der Waals surface area (Å²) in [5.74, 6) is 0.733. The number of thiol groups is 1. The van der Waals surface area contributed by atoms with Gasteiger partial charge in [0.15, 0.2) is 0 Å². The Hall–Kier alpha value is -1.07. The zero-order chi connectivity index (χ0) is 12.8. The van der Waals surface area contributed by atoms with Crippen molar-refractivity contribution in [3.05, 3.63) is 44.3 Å². The summed E-state index contributed by atoms with van der Waals surface area (Å²) in [5.41, 5.74) is -0.0937. The highest BCUT2D eigenvalue weighted by molar-refractivity contribution is 7.80. The van der Waals surface area contributed by atoms with Crippen molar-refractivity contribution in [2.24, 2.45) is 5.41 Å². The molecule has 1 heterocycles. The molecule has 0 amide bonds. The maximum atomic E-state index is 12.3. The Labute approximate surface area is 113 Å². The van der Waals surface area contributed by atoms with Gasteiger partial charge in [-0.1, -0.05) is 23.5 Å². The van der Waals surface area contributed by atoms with Crippen LogP contribution in [0.2, 0.25) is 0 Å². The van der Waals surface area contributed by atoms with Gasteiger partial charge in [0.25, 0.3) is 5.56 Å². The molecule has 1 aromatic carbocycles. The Morgan fingerprint density at radius 2 is 2.00 bits per heavy atom. The standard InChI is InChI=1S/C13H13NO2S2/c15-11-9-3-1-2-4-10(9)18-12(16)14(11)7-13(8-17)5-6-13/h1-4,17H,5-8H2. The Balaban J connectivity index is 2.18. The first-order chi connectivity index (χ1) is 8.65. The summed E-state index contributed by atoms with van der Waals surface area (Å²) in [6, 6.07) is 7.28. The lowest BCUT2D eigenvalue weighted by molar-refractivity contribution is 0.461. The van der Waals surface area contributed by atoms with Crippen LogP contribution >= 0.6 is 24.0 Å². The van der Waals surface area contributed by atoms with E-state index >= 15 is 0 Å². The van der Waals surface area contributed by atoms with Crippen LogP contribution in [0, 0.1) is 5.41 Å². The molecule has 0 unspecified atom stereocenters. The van der Waals surface area contributed by atoms with Gasteiger partial charge < -0.3 is 0 Å². The van der Waals surface area contributed by atoms with Crippen molar-refractivity contribution < 1.29 is 0 Å². The van der Waals surface area contributed by atoms with Crippen molar-refractivity contribution in [3.8, 4) is 0 Å². The van der Waals surface area contributed by atoms with Crippen LogP contribution in [-0.4, -0.2) is 10.3 Å². The van der Waals surface area contributed by atoms with Crippen LogP contribution in [0.1, 0.15) is 12.8 Å². The second-order valence-electron chi connectivity index (χ2n) is 4.91. The van der Waals surface area contributed by atoms with Crippen molar-refractivity contribution in [2.45, 2.75) is 19.4 Å². The van der Waals surface area contributed by atoms with Crippen LogP contribution < -0.4 is 10.4 Å². The maximum Gasteiger partial charge on any atom is 0.310 e. The lowest BCUT2D eigenvalue weighted by Crippen LogP contribution is -2.34. The summed E-state index contributed by atoms with van der Waals surface area (Å²) < 4.78 is 2.15. The first kappa shape index (κ1) is 12.0. The normalized spacial score (nSPS) is 16.9. The summed E-state index contributed by atoms with van der Waals surface area (Å²) in [6.45, 7) is 0.509. The molecule has 0 atom stereocenters. The molecule has 5 heteroatoms. The second kappa shape index (κ2) is 4.24. The molecule has 2 aromatic rings. The van der Waals surface area contributed by atoms with Gasteiger partial charge in [0, 0.05) is 11.2 Å². The largest absolute Gasteiger partial charge is 0.310 e. The Morgan fingerprint density at radius 1 is 1.28 bits per heavy atom. The molecule has 94 valence electrons. The molecule has 0 N–H and O–H groups in total. The lowest BCUT2D eigenvalue weighted by Gasteiger charge is -2.13. The van der Waals surface area contributed by atoms with Crippen molar-refractivity contribution in [3.63, 3.8) is 0 Å². The minimum absolute atomic E-state index is 0.0707. The van der Waals surface area contributed by atoms with E-state index in [1.54, 1.807) is 6.07 Å². The highest BCUT2D eigenvalue weighted by atomic mass is 32.1. The smallest absolute Gasteiger partial charge is 0.269 e. The summed E-state index contributed by atoms with van der Waals surface area (Å²) in [5, 5.41) is 0.636. The van der Waals surface area contributed by atoms with E-state index in [0.717, 1.165) is 34.6 Å². The van der Waals surface area contributed by atoms with Crippen molar-refractivity contribution in [1.82, 2.24) is 4.57 Å². The fourth-order valence-electron chi connectivity index (χ4n) is 2.12. The van der Waals surface area contributed by atoms with E-state index < -0.39 is 0 Å². The minimum atomic E-state index is -0.164. The number of hydrogen-bond donors (Lipinski definition) is 1. The highest BCUT2D eigenvalue weighted by Crippen LogP contribution is 2.47.